The molecule has 3 heteroatoms. The molecule has 1 aromatic carbocycles. The predicted molar refractivity (Wildman–Crippen MR) is 69.8 cm³/mol. The van der Waals surface area contributed by atoms with Gasteiger partial charge in [-0.1, -0.05) is 19.1 Å². The first-order chi connectivity index (χ1) is 8.31. The lowest BCUT2D eigenvalue weighted by molar-refractivity contribution is 0.173. The number of aromatic nitrogens is 2. The monoisotopic (exact) mass is 229 g/mol. The van der Waals surface area contributed by atoms with Crippen LogP contribution in [0, 0.1) is 5.92 Å². The molecule has 90 valence electrons. The molecule has 0 saturated carbocycles. The number of likely N-dealkylation sites (tertiary alicyclic amines) is 1. The Labute approximate surface area is 102 Å². The van der Waals surface area contributed by atoms with E-state index in [1.54, 1.807) is 0 Å². The summed E-state index contributed by atoms with van der Waals surface area (Å²) in [5.41, 5.74) is 2.22. The Bertz CT molecular complexity index is 470. The summed E-state index contributed by atoms with van der Waals surface area (Å²) in [5, 5.41) is 0. The van der Waals surface area contributed by atoms with Gasteiger partial charge in [-0.05, 0) is 37.4 Å². The average Bonchev–Trinajstić information content (AvgIpc) is 2.71. The molecular formula is C14H19N3. The van der Waals surface area contributed by atoms with E-state index in [-0.39, 0.29) is 0 Å². The van der Waals surface area contributed by atoms with E-state index in [1.807, 2.05) is 12.1 Å². The molecule has 2 aromatic rings. The number of para-hydroxylation sites is 2. The van der Waals surface area contributed by atoms with Gasteiger partial charge in [-0.2, -0.15) is 0 Å². The van der Waals surface area contributed by atoms with Crippen LogP contribution in [0.25, 0.3) is 11.0 Å². The van der Waals surface area contributed by atoms with Gasteiger partial charge in [0, 0.05) is 6.54 Å². The maximum Gasteiger partial charge on any atom is 0.121 e. The first-order valence-electron chi connectivity index (χ1n) is 6.47. The van der Waals surface area contributed by atoms with Crippen molar-refractivity contribution < 1.29 is 0 Å². The van der Waals surface area contributed by atoms with E-state index < -0.39 is 0 Å². The number of imidazole rings is 1. The van der Waals surface area contributed by atoms with Crippen LogP contribution in [-0.2, 0) is 6.54 Å². The minimum atomic E-state index is 0.827. The lowest BCUT2D eigenvalue weighted by atomic mass is 10.0. The number of aromatic amines is 1. The summed E-state index contributed by atoms with van der Waals surface area (Å²) >= 11 is 0. The Morgan fingerprint density at radius 1 is 1.41 bits per heavy atom. The van der Waals surface area contributed by atoms with Gasteiger partial charge in [0.05, 0.1) is 17.6 Å². The predicted octanol–water partition coefficient (Wildman–Crippen LogP) is 2.79. The summed E-state index contributed by atoms with van der Waals surface area (Å²) in [6.45, 7) is 5.71. The summed E-state index contributed by atoms with van der Waals surface area (Å²) < 4.78 is 0. The molecule has 1 saturated heterocycles. The van der Waals surface area contributed by atoms with Crippen molar-refractivity contribution in [3.63, 3.8) is 0 Å². The Balaban J connectivity index is 1.75. The van der Waals surface area contributed by atoms with E-state index in [9.17, 15) is 0 Å². The number of fused-ring (bicyclic) bond motifs is 1. The largest absolute Gasteiger partial charge is 0.341 e. The number of hydrogen-bond acceptors (Lipinski definition) is 2. The molecule has 3 rings (SSSR count). The lowest BCUT2D eigenvalue weighted by Gasteiger charge is -2.29. The fourth-order valence-corrected chi connectivity index (χ4v) is 2.72. The molecule has 3 nitrogen and oxygen atoms in total. The van der Waals surface area contributed by atoms with E-state index in [2.05, 4.69) is 33.9 Å². The molecule has 0 spiro atoms. The minimum absolute atomic E-state index is 0.827. The molecule has 0 amide bonds. The van der Waals surface area contributed by atoms with Crippen molar-refractivity contribution in [2.24, 2.45) is 5.92 Å². The zero-order valence-corrected chi connectivity index (χ0v) is 10.3. The summed E-state index contributed by atoms with van der Waals surface area (Å²) in [6.07, 6.45) is 2.69. The average molecular weight is 229 g/mol. The summed E-state index contributed by atoms with van der Waals surface area (Å²) in [5.74, 6) is 1.92. The molecule has 1 aliphatic rings. The Morgan fingerprint density at radius 2 is 2.29 bits per heavy atom. The van der Waals surface area contributed by atoms with Crippen LogP contribution >= 0.6 is 0 Å². The van der Waals surface area contributed by atoms with Crippen LogP contribution in [0.15, 0.2) is 24.3 Å². The highest BCUT2D eigenvalue weighted by atomic mass is 15.2. The molecule has 2 heterocycles. The van der Waals surface area contributed by atoms with Crippen LogP contribution in [0.3, 0.4) is 0 Å². The number of piperidine rings is 1. The van der Waals surface area contributed by atoms with Gasteiger partial charge in [-0.25, -0.2) is 4.98 Å². The summed E-state index contributed by atoms with van der Waals surface area (Å²) in [6, 6.07) is 8.24. The van der Waals surface area contributed by atoms with Gasteiger partial charge >= 0.3 is 0 Å². The second-order valence-corrected chi connectivity index (χ2v) is 5.18. The molecule has 0 aliphatic carbocycles. The fourth-order valence-electron chi connectivity index (χ4n) is 2.72. The highest BCUT2D eigenvalue weighted by Gasteiger charge is 2.17. The minimum Gasteiger partial charge on any atom is -0.341 e. The number of nitrogens with zero attached hydrogens (tertiary/aromatic N) is 2. The van der Waals surface area contributed by atoms with Gasteiger partial charge in [-0.15, -0.1) is 0 Å². The van der Waals surface area contributed by atoms with Gasteiger partial charge in [0.25, 0.3) is 0 Å². The van der Waals surface area contributed by atoms with Crippen molar-refractivity contribution in [3.05, 3.63) is 30.1 Å². The molecule has 17 heavy (non-hydrogen) atoms. The smallest absolute Gasteiger partial charge is 0.121 e. The molecule has 1 aliphatic heterocycles. The van der Waals surface area contributed by atoms with E-state index >= 15 is 0 Å². The normalized spacial score (nSPS) is 22.1. The van der Waals surface area contributed by atoms with Crippen molar-refractivity contribution in [3.8, 4) is 0 Å². The second-order valence-electron chi connectivity index (χ2n) is 5.18. The van der Waals surface area contributed by atoms with Crippen molar-refractivity contribution >= 4 is 11.0 Å². The highest BCUT2D eigenvalue weighted by Crippen LogP contribution is 2.18. The summed E-state index contributed by atoms with van der Waals surface area (Å²) in [7, 11) is 0. The molecule has 1 unspecified atom stereocenters. The van der Waals surface area contributed by atoms with Crippen LogP contribution in [0.1, 0.15) is 25.6 Å². The first-order valence-corrected chi connectivity index (χ1v) is 6.47. The Hall–Kier alpha value is -1.35. The SMILES string of the molecule is CC1CCCN(Cc2nc3ccccc3[nH]2)C1. The zero-order valence-electron chi connectivity index (χ0n) is 10.3. The van der Waals surface area contributed by atoms with Gasteiger partial charge in [0.1, 0.15) is 5.82 Å². The second kappa shape index (κ2) is 4.49. The number of hydrogen-bond donors (Lipinski definition) is 1. The molecule has 0 radical (unpaired) electrons. The molecule has 0 bridgehead atoms. The number of rotatable bonds is 2. The fraction of sp³-hybridized carbons (Fsp3) is 0.500. The summed E-state index contributed by atoms with van der Waals surface area (Å²) in [4.78, 5) is 10.5. The van der Waals surface area contributed by atoms with E-state index in [4.69, 9.17) is 0 Å². The zero-order chi connectivity index (χ0) is 11.7. The lowest BCUT2D eigenvalue weighted by Crippen LogP contribution is -2.34. The Morgan fingerprint density at radius 3 is 3.12 bits per heavy atom. The van der Waals surface area contributed by atoms with Crippen LogP contribution in [-0.4, -0.2) is 28.0 Å². The third-order valence-corrected chi connectivity index (χ3v) is 3.55. The quantitative estimate of drug-likeness (QED) is 0.858. The van der Waals surface area contributed by atoms with Gasteiger partial charge < -0.3 is 4.98 Å². The van der Waals surface area contributed by atoms with E-state index in [1.165, 1.54) is 25.9 Å². The number of nitrogens with one attached hydrogen (secondary N) is 1. The molecule has 1 fully saturated rings. The van der Waals surface area contributed by atoms with E-state index in [0.717, 1.165) is 29.3 Å². The van der Waals surface area contributed by atoms with Crippen molar-refractivity contribution in [2.75, 3.05) is 13.1 Å². The van der Waals surface area contributed by atoms with Crippen LogP contribution in [0.2, 0.25) is 0 Å². The van der Waals surface area contributed by atoms with Crippen LogP contribution in [0.5, 0.6) is 0 Å². The number of H-pyrrole nitrogens is 1. The van der Waals surface area contributed by atoms with E-state index in [0.29, 0.717) is 0 Å². The third kappa shape index (κ3) is 2.34. The van der Waals surface area contributed by atoms with Crippen molar-refractivity contribution in [1.29, 1.82) is 0 Å². The standard InChI is InChI=1S/C14H19N3/c1-11-5-4-8-17(9-11)10-14-15-12-6-2-3-7-13(12)16-14/h2-3,6-7,11H,4-5,8-10H2,1H3,(H,15,16). The molecule has 1 atom stereocenters. The van der Waals surface area contributed by atoms with Crippen molar-refractivity contribution in [2.45, 2.75) is 26.3 Å². The van der Waals surface area contributed by atoms with Gasteiger partial charge in [0.2, 0.25) is 0 Å². The van der Waals surface area contributed by atoms with Gasteiger partial charge in [-0.3, -0.25) is 4.90 Å². The molecule has 1 N–H and O–H groups in total. The third-order valence-electron chi connectivity index (χ3n) is 3.55. The molecule has 1 aromatic heterocycles. The topological polar surface area (TPSA) is 31.9 Å². The Kier molecular flexibility index (Phi) is 2.85. The van der Waals surface area contributed by atoms with Crippen LogP contribution in [0.4, 0.5) is 0 Å². The molecular weight excluding hydrogens is 210 g/mol. The van der Waals surface area contributed by atoms with Gasteiger partial charge in [0.15, 0.2) is 0 Å². The maximum absolute atomic E-state index is 4.63. The first kappa shape index (κ1) is 10.8. The van der Waals surface area contributed by atoms with Crippen LogP contribution < -0.4 is 0 Å². The van der Waals surface area contributed by atoms with Crippen molar-refractivity contribution in [1.82, 2.24) is 14.9 Å². The maximum atomic E-state index is 4.63. The number of benzene rings is 1. The highest BCUT2D eigenvalue weighted by molar-refractivity contribution is 5.74.